The van der Waals surface area contributed by atoms with Crippen molar-refractivity contribution in [1.29, 1.82) is 0 Å². The van der Waals surface area contributed by atoms with Crippen LogP contribution in [-0.4, -0.2) is 32.7 Å². The number of anilines is 1. The van der Waals surface area contributed by atoms with Crippen molar-refractivity contribution < 1.29 is 9.18 Å². The molecule has 0 radical (unpaired) electrons. The Labute approximate surface area is 108 Å². The van der Waals surface area contributed by atoms with Crippen LogP contribution >= 0.6 is 0 Å². The summed E-state index contributed by atoms with van der Waals surface area (Å²) in [5.41, 5.74) is 0.688. The van der Waals surface area contributed by atoms with Crippen molar-refractivity contribution in [3.05, 3.63) is 35.1 Å². The van der Waals surface area contributed by atoms with Crippen molar-refractivity contribution >= 4 is 11.9 Å². The average Bonchev–Trinajstić information content (AvgIpc) is 2.89. The fraction of sp³-hybridized carbons (Fsp3) is 0.333. The molecule has 1 aromatic heterocycles. The summed E-state index contributed by atoms with van der Waals surface area (Å²) in [6.07, 6.45) is 0.776. The van der Waals surface area contributed by atoms with Gasteiger partial charge in [0.1, 0.15) is 5.82 Å². The van der Waals surface area contributed by atoms with Crippen molar-refractivity contribution in [1.82, 2.24) is 20.2 Å². The number of carbonyl (C=O) groups excluding carboxylic acids is 1. The normalized spacial score (nSPS) is 14.3. The summed E-state index contributed by atoms with van der Waals surface area (Å²) < 4.78 is 15.1. The van der Waals surface area contributed by atoms with Gasteiger partial charge in [0.15, 0.2) is 0 Å². The summed E-state index contributed by atoms with van der Waals surface area (Å²) >= 11 is 0. The second-order valence-electron chi connectivity index (χ2n) is 4.42. The molecule has 0 saturated heterocycles. The quantitative estimate of drug-likeness (QED) is 0.773. The van der Waals surface area contributed by atoms with E-state index in [4.69, 9.17) is 0 Å². The highest BCUT2D eigenvalue weighted by Crippen LogP contribution is 2.21. The first-order valence-corrected chi connectivity index (χ1v) is 6.01. The number of hydrogen-bond donors (Lipinski definition) is 0. The standard InChI is InChI=1S/C12H12FN5O/c1-8-9(4-2-5-10(8)13)11(19)17-6-3-7-18-12(17)14-15-16-18/h2,4-5H,3,6-7H2,1H3. The number of fused-ring (bicyclic) bond motifs is 1. The van der Waals surface area contributed by atoms with E-state index in [2.05, 4.69) is 15.5 Å². The summed E-state index contributed by atoms with van der Waals surface area (Å²) in [5, 5.41) is 11.2. The summed E-state index contributed by atoms with van der Waals surface area (Å²) in [6, 6.07) is 4.48. The molecule has 0 N–H and O–H groups in total. The molecule has 1 aromatic carbocycles. The number of benzene rings is 1. The van der Waals surface area contributed by atoms with Gasteiger partial charge in [0, 0.05) is 18.7 Å². The van der Waals surface area contributed by atoms with E-state index in [1.54, 1.807) is 17.7 Å². The molecule has 3 rings (SSSR count). The number of carbonyl (C=O) groups is 1. The third-order valence-electron chi connectivity index (χ3n) is 3.25. The van der Waals surface area contributed by atoms with Gasteiger partial charge in [-0.05, 0) is 41.5 Å². The lowest BCUT2D eigenvalue weighted by atomic mass is 10.1. The zero-order valence-corrected chi connectivity index (χ0v) is 10.4. The second-order valence-corrected chi connectivity index (χ2v) is 4.42. The van der Waals surface area contributed by atoms with Crippen LogP contribution in [0, 0.1) is 12.7 Å². The molecule has 0 spiro atoms. The van der Waals surface area contributed by atoms with Gasteiger partial charge in [0.25, 0.3) is 11.9 Å². The van der Waals surface area contributed by atoms with E-state index >= 15 is 0 Å². The summed E-state index contributed by atoms with van der Waals surface area (Å²) in [4.78, 5) is 14.0. The molecule has 98 valence electrons. The van der Waals surface area contributed by atoms with Crippen LogP contribution in [0.1, 0.15) is 22.3 Å². The molecule has 0 aliphatic carbocycles. The van der Waals surface area contributed by atoms with Crippen molar-refractivity contribution in [3.8, 4) is 0 Å². The fourth-order valence-electron chi connectivity index (χ4n) is 2.19. The molecule has 0 atom stereocenters. The molecule has 2 aromatic rings. The van der Waals surface area contributed by atoms with Crippen LogP contribution in [-0.2, 0) is 6.54 Å². The lowest BCUT2D eigenvalue weighted by molar-refractivity contribution is 0.0979. The van der Waals surface area contributed by atoms with Crippen LogP contribution in [0.15, 0.2) is 18.2 Å². The molecule has 19 heavy (non-hydrogen) atoms. The maximum Gasteiger partial charge on any atom is 0.261 e. The van der Waals surface area contributed by atoms with Crippen LogP contribution in [0.2, 0.25) is 0 Å². The van der Waals surface area contributed by atoms with E-state index in [9.17, 15) is 9.18 Å². The van der Waals surface area contributed by atoms with Crippen molar-refractivity contribution in [2.45, 2.75) is 19.9 Å². The highest BCUT2D eigenvalue weighted by atomic mass is 19.1. The number of nitrogens with zero attached hydrogens (tertiary/aromatic N) is 5. The smallest absolute Gasteiger partial charge is 0.261 e. The third kappa shape index (κ3) is 1.87. The molecule has 0 bridgehead atoms. The zero-order valence-electron chi connectivity index (χ0n) is 10.4. The van der Waals surface area contributed by atoms with Crippen LogP contribution < -0.4 is 4.90 Å². The molecular weight excluding hydrogens is 249 g/mol. The first-order valence-electron chi connectivity index (χ1n) is 6.01. The van der Waals surface area contributed by atoms with E-state index in [1.165, 1.54) is 17.0 Å². The Hall–Kier alpha value is -2.31. The molecule has 0 saturated carbocycles. The van der Waals surface area contributed by atoms with E-state index in [0.717, 1.165) is 6.42 Å². The Bertz CT molecular complexity index is 639. The number of aryl methyl sites for hydroxylation is 1. The minimum atomic E-state index is -0.387. The maximum atomic E-state index is 13.5. The number of tetrazole rings is 1. The van der Waals surface area contributed by atoms with Gasteiger partial charge in [-0.2, -0.15) is 0 Å². The molecule has 0 fully saturated rings. The SMILES string of the molecule is Cc1c(F)cccc1C(=O)N1CCCn2nnnc21. The van der Waals surface area contributed by atoms with Gasteiger partial charge in [-0.15, -0.1) is 0 Å². The minimum absolute atomic E-state index is 0.271. The van der Waals surface area contributed by atoms with Crippen molar-refractivity contribution in [3.63, 3.8) is 0 Å². The molecule has 1 amide bonds. The number of aromatic nitrogens is 4. The summed E-state index contributed by atoms with van der Waals surface area (Å²) in [6.45, 7) is 2.82. The third-order valence-corrected chi connectivity index (χ3v) is 3.25. The lowest BCUT2D eigenvalue weighted by Crippen LogP contribution is -2.38. The van der Waals surface area contributed by atoms with Gasteiger partial charge < -0.3 is 0 Å². The number of hydrogen-bond acceptors (Lipinski definition) is 4. The lowest BCUT2D eigenvalue weighted by Gasteiger charge is -2.25. The predicted octanol–water partition coefficient (Wildman–Crippen LogP) is 1.17. The monoisotopic (exact) mass is 261 g/mol. The molecular formula is C12H12FN5O. The molecule has 7 heteroatoms. The first-order chi connectivity index (χ1) is 9.18. The van der Waals surface area contributed by atoms with Crippen LogP contribution in [0.3, 0.4) is 0 Å². The van der Waals surface area contributed by atoms with Gasteiger partial charge in [0.2, 0.25) is 0 Å². The van der Waals surface area contributed by atoms with E-state index in [-0.39, 0.29) is 11.7 Å². The largest absolute Gasteiger partial charge is 0.275 e. The van der Waals surface area contributed by atoms with Crippen LogP contribution in [0.25, 0.3) is 0 Å². The van der Waals surface area contributed by atoms with Crippen LogP contribution in [0.4, 0.5) is 10.3 Å². The number of halogens is 1. The molecule has 1 aliphatic heterocycles. The van der Waals surface area contributed by atoms with Crippen molar-refractivity contribution in [2.24, 2.45) is 0 Å². The summed E-state index contributed by atoms with van der Waals surface area (Å²) in [7, 11) is 0. The topological polar surface area (TPSA) is 63.9 Å². The van der Waals surface area contributed by atoms with Gasteiger partial charge in [-0.25, -0.2) is 9.07 Å². The van der Waals surface area contributed by atoms with E-state index in [0.29, 0.717) is 30.2 Å². The molecule has 6 nitrogen and oxygen atoms in total. The Morgan fingerprint density at radius 1 is 1.37 bits per heavy atom. The Kier molecular flexibility index (Phi) is 2.73. The molecule has 2 heterocycles. The van der Waals surface area contributed by atoms with E-state index in [1.807, 2.05) is 0 Å². The Morgan fingerprint density at radius 3 is 3.05 bits per heavy atom. The van der Waals surface area contributed by atoms with Gasteiger partial charge in [0.05, 0.1) is 0 Å². The highest BCUT2D eigenvalue weighted by molar-refractivity contribution is 6.06. The van der Waals surface area contributed by atoms with Crippen molar-refractivity contribution in [2.75, 3.05) is 11.4 Å². The number of amides is 1. The van der Waals surface area contributed by atoms with Crippen LogP contribution in [0.5, 0.6) is 0 Å². The Balaban J connectivity index is 2.00. The second kappa shape index (κ2) is 4.42. The maximum absolute atomic E-state index is 13.5. The van der Waals surface area contributed by atoms with Gasteiger partial charge in [-0.3, -0.25) is 9.69 Å². The predicted molar refractivity (Wildman–Crippen MR) is 65.2 cm³/mol. The molecule has 0 unspecified atom stereocenters. The van der Waals surface area contributed by atoms with Gasteiger partial charge >= 0.3 is 0 Å². The average molecular weight is 261 g/mol. The summed E-state index contributed by atoms with van der Waals surface area (Å²) in [5.74, 6) is -0.241. The van der Waals surface area contributed by atoms with E-state index < -0.39 is 0 Å². The van der Waals surface area contributed by atoms with Gasteiger partial charge in [-0.1, -0.05) is 11.2 Å². The first kappa shape index (κ1) is 11.8. The fourth-order valence-corrected chi connectivity index (χ4v) is 2.19. The minimum Gasteiger partial charge on any atom is -0.275 e. The molecule has 1 aliphatic rings. The highest BCUT2D eigenvalue weighted by Gasteiger charge is 2.27. The Morgan fingerprint density at radius 2 is 2.21 bits per heavy atom. The zero-order chi connectivity index (χ0) is 13.4. The number of rotatable bonds is 1.